The fraction of sp³-hybridized carbons (Fsp3) is 0.276. The van der Waals surface area contributed by atoms with Crippen LogP contribution in [0.25, 0.3) is 11.0 Å². The summed E-state index contributed by atoms with van der Waals surface area (Å²) >= 11 is 6.65. The van der Waals surface area contributed by atoms with Crippen LogP contribution >= 0.6 is 11.6 Å². The van der Waals surface area contributed by atoms with Crippen molar-refractivity contribution in [2.24, 2.45) is 0 Å². The van der Waals surface area contributed by atoms with E-state index in [0.717, 1.165) is 34.2 Å². The summed E-state index contributed by atoms with van der Waals surface area (Å²) in [4.78, 5) is 15.2. The second-order valence-corrected chi connectivity index (χ2v) is 9.35. The highest BCUT2D eigenvalue weighted by atomic mass is 35.5. The number of rotatable bonds is 6. The minimum Gasteiger partial charge on any atom is -0.471 e. The van der Waals surface area contributed by atoms with Crippen molar-refractivity contribution in [1.29, 1.82) is 0 Å². The van der Waals surface area contributed by atoms with Gasteiger partial charge in [-0.1, -0.05) is 67.4 Å². The molecule has 1 aromatic heterocycles. The normalized spacial score (nSPS) is 13.1. The maximum atomic E-state index is 13.1. The van der Waals surface area contributed by atoms with Crippen LogP contribution in [0.1, 0.15) is 47.6 Å². The lowest BCUT2D eigenvalue weighted by atomic mass is 9.97. The number of hydrogen-bond acceptors (Lipinski definition) is 4. The zero-order valence-electron chi connectivity index (χ0n) is 19.6. The topological polar surface area (TPSA) is 42.7 Å². The van der Waals surface area contributed by atoms with Gasteiger partial charge in [0.25, 0.3) is 0 Å². The Morgan fingerprint density at radius 1 is 1.03 bits per heavy atom. The zero-order chi connectivity index (χ0) is 23.7. The Morgan fingerprint density at radius 2 is 1.79 bits per heavy atom. The number of aryl methyl sites for hydroxylation is 2. The van der Waals surface area contributed by atoms with Gasteiger partial charge in [-0.05, 0) is 54.7 Å². The molecule has 34 heavy (non-hydrogen) atoms. The molecule has 4 nitrogen and oxygen atoms in total. The molecule has 5 heteroatoms. The van der Waals surface area contributed by atoms with Gasteiger partial charge in [0.15, 0.2) is 6.73 Å². The van der Waals surface area contributed by atoms with Crippen LogP contribution in [-0.4, -0.2) is 6.73 Å². The highest BCUT2D eigenvalue weighted by molar-refractivity contribution is 6.33. The van der Waals surface area contributed by atoms with Crippen molar-refractivity contribution >= 4 is 28.3 Å². The summed E-state index contributed by atoms with van der Waals surface area (Å²) in [6.07, 6.45) is 3.98. The van der Waals surface area contributed by atoms with Crippen LogP contribution < -0.4 is 15.3 Å². The van der Waals surface area contributed by atoms with Gasteiger partial charge in [-0.3, -0.25) is 0 Å². The van der Waals surface area contributed by atoms with Crippen LogP contribution in [0.2, 0.25) is 5.02 Å². The van der Waals surface area contributed by atoms with Gasteiger partial charge in [-0.2, -0.15) is 0 Å². The van der Waals surface area contributed by atoms with Gasteiger partial charge >= 0.3 is 5.63 Å². The molecule has 1 aliphatic rings. The molecule has 0 atom stereocenters. The van der Waals surface area contributed by atoms with E-state index in [1.807, 2.05) is 43.3 Å². The Morgan fingerprint density at radius 3 is 2.53 bits per heavy atom. The Bertz CT molecular complexity index is 1380. The minimum absolute atomic E-state index is 0.309. The molecule has 2 heterocycles. The van der Waals surface area contributed by atoms with Gasteiger partial charge in [0, 0.05) is 23.1 Å². The number of ether oxygens (including phenoxy) is 1. The average Bonchev–Trinajstić information content (AvgIpc) is 2.87. The summed E-state index contributed by atoms with van der Waals surface area (Å²) in [7, 11) is 0. The fourth-order valence-electron chi connectivity index (χ4n) is 4.64. The van der Waals surface area contributed by atoms with Crippen LogP contribution in [0.5, 0.6) is 5.75 Å². The first-order valence-electron chi connectivity index (χ1n) is 11.8. The molecule has 0 aliphatic carbocycles. The average molecular weight is 474 g/mol. The summed E-state index contributed by atoms with van der Waals surface area (Å²) in [6.45, 7) is 5.12. The quantitative estimate of drug-likeness (QED) is 0.281. The Balaban J connectivity index is 1.52. The van der Waals surface area contributed by atoms with Crippen molar-refractivity contribution in [3.63, 3.8) is 0 Å². The van der Waals surface area contributed by atoms with E-state index in [2.05, 4.69) is 36.1 Å². The molecule has 0 saturated carbocycles. The van der Waals surface area contributed by atoms with Crippen LogP contribution in [0, 0.1) is 6.92 Å². The SMILES string of the molecule is CCCCc1ccc(N2COc3c(Cl)cc4c(C)c(Cc5ccccc5)c(=O)oc4c3C2)cc1. The smallest absolute Gasteiger partial charge is 0.340 e. The molecule has 0 amide bonds. The number of benzene rings is 3. The van der Waals surface area contributed by atoms with Crippen LogP contribution in [-0.2, 0) is 19.4 Å². The van der Waals surface area contributed by atoms with Gasteiger partial charge in [0.2, 0.25) is 0 Å². The molecule has 0 bridgehead atoms. The molecule has 0 unspecified atom stereocenters. The summed E-state index contributed by atoms with van der Waals surface area (Å²) in [5, 5.41) is 1.40. The van der Waals surface area contributed by atoms with Gasteiger partial charge < -0.3 is 14.1 Å². The van der Waals surface area contributed by atoms with Crippen molar-refractivity contribution in [3.05, 3.63) is 104 Å². The van der Waals surface area contributed by atoms with Crippen LogP contribution in [0.3, 0.4) is 0 Å². The maximum Gasteiger partial charge on any atom is 0.340 e. The Kier molecular flexibility index (Phi) is 6.34. The molecule has 0 N–H and O–H groups in total. The first kappa shape index (κ1) is 22.5. The van der Waals surface area contributed by atoms with Crippen molar-refractivity contribution in [3.8, 4) is 5.75 Å². The highest BCUT2D eigenvalue weighted by Crippen LogP contribution is 2.40. The van der Waals surface area contributed by atoms with Crippen molar-refractivity contribution in [1.82, 2.24) is 0 Å². The molecule has 0 fully saturated rings. The standard InChI is InChI=1S/C29H28ClNO3/c1-3-4-8-20-11-13-22(14-12-20)31-17-25-27-23(16-26(30)28(25)33-18-31)19(2)24(29(32)34-27)15-21-9-6-5-7-10-21/h5-7,9-14,16H,3-4,8,15,17-18H2,1-2H3. The van der Waals surface area contributed by atoms with Crippen LogP contribution in [0.4, 0.5) is 5.69 Å². The molecular weight excluding hydrogens is 446 g/mol. The fourth-order valence-corrected chi connectivity index (χ4v) is 4.91. The van der Waals surface area contributed by atoms with Crippen molar-refractivity contribution in [2.75, 3.05) is 11.6 Å². The van der Waals surface area contributed by atoms with Crippen molar-refractivity contribution in [2.45, 2.75) is 46.1 Å². The number of fused-ring (bicyclic) bond motifs is 3. The number of anilines is 1. The monoisotopic (exact) mass is 473 g/mol. The molecular formula is C29H28ClNO3. The summed E-state index contributed by atoms with van der Waals surface area (Å²) in [6, 6.07) is 20.4. The van der Waals surface area contributed by atoms with E-state index in [-0.39, 0.29) is 5.63 Å². The lowest BCUT2D eigenvalue weighted by Gasteiger charge is -2.31. The number of unbranched alkanes of at least 4 members (excludes halogenated alkanes) is 1. The second-order valence-electron chi connectivity index (χ2n) is 8.94. The first-order chi connectivity index (χ1) is 16.5. The van der Waals surface area contributed by atoms with Gasteiger partial charge in [0.05, 0.1) is 17.1 Å². The third-order valence-corrected chi connectivity index (χ3v) is 6.92. The number of halogens is 1. The van der Waals surface area contributed by atoms with E-state index >= 15 is 0 Å². The number of hydrogen-bond donors (Lipinski definition) is 0. The Labute approximate surface area is 204 Å². The van der Waals surface area contributed by atoms with Crippen molar-refractivity contribution < 1.29 is 9.15 Å². The minimum atomic E-state index is -0.309. The molecule has 4 aromatic rings. The number of nitrogens with zero attached hydrogens (tertiary/aromatic N) is 1. The third kappa shape index (κ3) is 4.30. The zero-order valence-corrected chi connectivity index (χ0v) is 20.3. The van der Waals surface area contributed by atoms with E-state index in [1.54, 1.807) is 0 Å². The molecule has 3 aromatic carbocycles. The third-order valence-electron chi connectivity index (χ3n) is 6.64. The molecule has 0 radical (unpaired) electrons. The Hall–Kier alpha value is -3.24. The van der Waals surface area contributed by atoms with Gasteiger partial charge in [-0.15, -0.1) is 0 Å². The molecule has 1 aliphatic heterocycles. The highest BCUT2D eigenvalue weighted by Gasteiger charge is 2.26. The maximum absolute atomic E-state index is 13.1. The van der Waals surface area contributed by atoms with Crippen LogP contribution in [0.15, 0.2) is 69.9 Å². The largest absolute Gasteiger partial charge is 0.471 e. The van der Waals surface area contributed by atoms with E-state index in [4.69, 9.17) is 20.8 Å². The lowest BCUT2D eigenvalue weighted by molar-refractivity contribution is 0.289. The van der Waals surface area contributed by atoms with E-state index in [0.29, 0.717) is 41.6 Å². The first-order valence-corrected chi connectivity index (χ1v) is 12.2. The summed E-state index contributed by atoms with van der Waals surface area (Å²) in [5.74, 6) is 0.600. The summed E-state index contributed by atoms with van der Waals surface area (Å²) < 4.78 is 12.0. The van der Waals surface area contributed by atoms with Gasteiger partial charge in [-0.25, -0.2) is 4.79 Å². The molecule has 5 rings (SSSR count). The second kappa shape index (κ2) is 9.55. The summed E-state index contributed by atoms with van der Waals surface area (Å²) in [5.41, 5.74) is 6.10. The molecule has 0 spiro atoms. The van der Waals surface area contributed by atoms with Gasteiger partial charge in [0.1, 0.15) is 11.3 Å². The lowest BCUT2D eigenvalue weighted by Crippen LogP contribution is -2.32. The van der Waals surface area contributed by atoms with E-state index in [1.165, 1.54) is 18.4 Å². The van der Waals surface area contributed by atoms with E-state index < -0.39 is 0 Å². The molecule has 0 saturated heterocycles. The van der Waals surface area contributed by atoms with E-state index in [9.17, 15) is 4.79 Å². The predicted octanol–water partition coefficient (Wildman–Crippen LogP) is 7.04. The predicted molar refractivity (Wildman–Crippen MR) is 138 cm³/mol. The molecule has 174 valence electrons.